The molecule has 1 saturated heterocycles. The molecule has 24 heavy (non-hydrogen) atoms. The Morgan fingerprint density at radius 2 is 2.21 bits per heavy atom. The summed E-state index contributed by atoms with van der Waals surface area (Å²) in [5.74, 6) is 0.458. The van der Waals surface area contributed by atoms with Crippen LogP contribution in [0, 0.1) is 0 Å². The van der Waals surface area contributed by atoms with Gasteiger partial charge in [-0.25, -0.2) is 8.42 Å². The zero-order valence-electron chi connectivity index (χ0n) is 14.3. The van der Waals surface area contributed by atoms with Gasteiger partial charge in [0.05, 0.1) is 12.0 Å². The Kier molecular flexibility index (Phi) is 6.20. The molecule has 134 valence electrons. The number of methoxy groups -OCH3 is 1. The normalized spacial score (nSPS) is 19.0. The van der Waals surface area contributed by atoms with E-state index in [9.17, 15) is 13.2 Å². The summed E-state index contributed by atoms with van der Waals surface area (Å²) in [5.41, 5.74) is 0.642. The summed E-state index contributed by atoms with van der Waals surface area (Å²) < 4.78 is 32.6. The Morgan fingerprint density at radius 1 is 1.46 bits per heavy atom. The van der Waals surface area contributed by atoms with Gasteiger partial charge in [0.1, 0.15) is 5.75 Å². The first-order chi connectivity index (χ1) is 11.4. The van der Waals surface area contributed by atoms with Crippen molar-refractivity contribution in [2.45, 2.75) is 37.8 Å². The van der Waals surface area contributed by atoms with E-state index in [2.05, 4.69) is 10.6 Å². The van der Waals surface area contributed by atoms with Crippen molar-refractivity contribution in [3.05, 3.63) is 23.8 Å². The van der Waals surface area contributed by atoms with Gasteiger partial charge in [-0.2, -0.15) is 4.31 Å². The van der Waals surface area contributed by atoms with Gasteiger partial charge < -0.3 is 15.4 Å². The van der Waals surface area contributed by atoms with Gasteiger partial charge in [0.2, 0.25) is 15.9 Å². The minimum absolute atomic E-state index is 0.0963. The summed E-state index contributed by atoms with van der Waals surface area (Å²) in [5, 5.41) is 5.94. The first-order valence-electron chi connectivity index (χ1n) is 8.06. The molecule has 0 aromatic heterocycles. The summed E-state index contributed by atoms with van der Waals surface area (Å²) >= 11 is 0. The average molecular weight is 355 g/mol. The minimum Gasteiger partial charge on any atom is -0.496 e. The van der Waals surface area contributed by atoms with Crippen LogP contribution in [0.5, 0.6) is 5.75 Å². The predicted octanol–water partition coefficient (Wildman–Crippen LogP) is 0.704. The summed E-state index contributed by atoms with van der Waals surface area (Å²) in [6.45, 7) is 5.59. The Bertz CT molecular complexity index is 691. The SMILES string of the molecule is CCC(=O)NCc1cc(S(=O)(=O)N2CCNCC2C)ccc1OC. The van der Waals surface area contributed by atoms with Crippen LogP contribution in [-0.2, 0) is 21.4 Å². The summed E-state index contributed by atoms with van der Waals surface area (Å²) in [6.07, 6.45) is 0.374. The Morgan fingerprint density at radius 3 is 2.83 bits per heavy atom. The first-order valence-corrected chi connectivity index (χ1v) is 9.50. The van der Waals surface area contributed by atoms with Crippen LogP contribution in [0.25, 0.3) is 0 Å². The van der Waals surface area contributed by atoms with E-state index in [1.54, 1.807) is 25.1 Å². The number of nitrogens with zero attached hydrogens (tertiary/aromatic N) is 1. The summed E-state index contributed by atoms with van der Waals surface area (Å²) in [6, 6.07) is 4.66. The van der Waals surface area contributed by atoms with Gasteiger partial charge in [-0.3, -0.25) is 4.79 Å². The second-order valence-corrected chi connectivity index (χ2v) is 7.66. The number of sulfonamides is 1. The van der Waals surface area contributed by atoms with Crippen LogP contribution in [0.1, 0.15) is 25.8 Å². The maximum Gasteiger partial charge on any atom is 0.243 e. The van der Waals surface area contributed by atoms with Crippen molar-refractivity contribution in [3.8, 4) is 5.75 Å². The van der Waals surface area contributed by atoms with E-state index in [0.29, 0.717) is 37.4 Å². The number of amides is 1. The average Bonchev–Trinajstić information content (AvgIpc) is 2.59. The smallest absolute Gasteiger partial charge is 0.243 e. The van der Waals surface area contributed by atoms with E-state index >= 15 is 0 Å². The molecule has 1 fully saturated rings. The van der Waals surface area contributed by atoms with Crippen molar-refractivity contribution in [2.24, 2.45) is 0 Å². The van der Waals surface area contributed by atoms with Crippen LogP contribution >= 0.6 is 0 Å². The van der Waals surface area contributed by atoms with Gasteiger partial charge in [-0.15, -0.1) is 0 Å². The molecule has 1 unspecified atom stereocenters. The highest BCUT2D eigenvalue weighted by molar-refractivity contribution is 7.89. The van der Waals surface area contributed by atoms with Crippen molar-refractivity contribution in [1.29, 1.82) is 0 Å². The van der Waals surface area contributed by atoms with Crippen molar-refractivity contribution in [1.82, 2.24) is 14.9 Å². The second-order valence-electron chi connectivity index (χ2n) is 5.77. The molecule has 2 N–H and O–H groups in total. The van der Waals surface area contributed by atoms with Gasteiger partial charge in [0, 0.05) is 44.2 Å². The number of hydrogen-bond acceptors (Lipinski definition) is 5. The molecule has 2 rings (SSSR count). The molecule has 0 bridgehead atoms. The Hall–Kier alpha value is -1.64. The molecule has 0 radical (unpaired) electrons. The zero-order valence-corrected chi connectivity index (χ0v) is 15.1. The maximum absolute atomic E-state index is 12.9. The molecule has 1 atom stereocenters. The molecule has 1 aliphatic heterocycles. The standard InChI is InChI=1S/C16H25N3O4S/c1-4-16(20)18-11-13-9-14(5-6-15(13)23-3)24(21,22)19-8-7-17-10-12(19)2/h5-6,9,12,17H,4,7-8,10-11H2,1-3H3,(H,18,20). The lowest BCUT2D eigenvalue weighted by Crippen LogP contribution is -2.52. The van der Waals surface area contributed by atoms with Crippen LogP contribution < -0.4 is 15.4 Å². The van der Waals surface area contributed by atoms with E-state index in [-0.39, 0.29) is 23.4 Å². The Balaban J connectivity index is 2.31. The van der Waals surface area contributed by atoms with Gasteiger partial charge >= 0.3 is 0 Å². The van der Waals surface area contributed by atoms with Crippen molar-refractivity contribution in [2.75, 3.05) is 26.7 Å². The number of rotatable bonds is 6. The third-order valence-corrected chi connectivity index (χ3v) is 6.11. The largest absolute Gasteiger partial charge is 0.496 e. The number of piperazine rings is 1. The quantitative estimate of drug-likeness (QED) is 0.784. The van der Waals surface area contributed by atoms with Crippen LogP contribution in [0.4, 0.5) is 0 Å². The van der Waals surface area contributed by atoms with Crippen LogP contribution in [0.15, 0.2) is 23.1 Å². The lowest BCUT2D eigenvalue weighted by molar-refractivity contribution is -0.120. The molecular weight excluding hydrogens is 330 g/mol. The van der Waals surface area contributed by atoms with E-state index < -0.39 is 10.0 Å². The fraction of sp³-hybridized carbons (Fsp3) is 0.562. The molecule has 1 heterocycles. The Labute approximate surface area is 143 Å². The third kappa shape index (κ3) is 4.06. The molecule has 7 nitrogen and oxygen atoms in total. The third-order valence-electron chi connectivity index (χ3n) is 4.10. The second kappa shape index (κ2) is 7.96. The van der Waals surface area contributed by atoms with Gasteiger partial charge in [0.15, 0.2) is 0 Å². The molecule has 1 amide bonds. The number of benzene rings is 1. The topological polar surface area (TPSA) is 87.7 Å². The van der Waals surface area contributed by atoms with Crippen molar-refractivity contribution >= 4 is 15.9 Å². The number of carbonyl (C=O) groups is 1. The monoisotopic (exact) mass is 355 g/mol. The number of nitrogens with one attached hydrogen (secondary N) is 2. The number of ether oxygens (including phenoxy) is 1. The van der Waals surface area contributed by atoms with E-state index in [4.69, 9.17) is 4.74 Å². The summed E-state index contributed by atoms with van der Waals surface area (Å²) in [4.78, 5) is 11.7. The number of carbonyl (C=O) groups excluding carboxylic acids is 1. The molecule has 8 heteroatoms. The van der Waals surface area contributed by atoms with E-state index in [1.807, 2.05) is 6.92 Å². The van der Waals surface area contributed by atoms with Crippen molar-refractivity contribution in [3.63, 3.8) is 0 Å². The maximum atomic E-state index is 12.9. The fourth-order valence-electron chi connectivity index (χ4n) is 2.69. The molecule has 1 aromatic carbocycles. The summed E-state index contributed by atoms with van der Waals surface area (Å²) in [7, 11) is -2.06. The van der Waals surface area contributed by atoms with Gasteiger partial charge in [0.25, 0.3) is 0 Å². The minimum atomic E-state index is -3.58. The molecule has 0 aliphatic carbocycles. The lowest BCUT2D eigenvalue weighted by atomic mass is 10.2. The highest BCUT2D eigenvalue weighted by Gasteiger charge is 2.31. The number of hydrogen-bond donors (Lipinski definition) is 2. The molecule has 1 aromatic rings. The van der Waals surface area contributed by atoms with Crippen LogP contribution in [0.2, 0.25) is 0 Å². The first kappa shape index (κ1) is 18.7. The van der Waals surface area contributed by atoms with Gasteiger partial charge in [-0.1, -0.05) is 6.92 Å². The van der Waals surface area contributed by atoms with Crippen LogP contribution in [-0.4, -0.2) is 51.4 Å². The zero-order chi connectivity index (χ0) is 17.7. The van der Waals surface area contributed by atoms with Gasteiger partial charge in [-0.05, 0) is 25.1 Å². The molecule has 0 saturated carbocycles. The van der Waals surface area contributed by atoms with E-state index in [0.717, 1.165) is 0 Å². The molecular formula is C16H25N3O4S. The van der Waals surface area contributed by atoms with E-state index in [1.165, 1.54) is 11.4 Å². The fourth-order valence-corrected chi connectivity index (χ4v) is 4.37. The highest BCUT2D eigenvalue weighted by Crippen LogP contribution is 2.26. The van der Waals surface area contributed by atoms with Crippen LogP contribution in [0.3, 0.4) is 0 Å². The lowest BCUT2D eigenvalue weighted by Gasteiger charge is -2.33. The van der Waals surface area contributed by atoms with Crippen molar-refractivity contribution < 1.29 is 17.9 Å². The molecule has 0 spiro atoms. The molecule has 1 aliphatic rings. The highest BCUT2D eigenvalue weighted by atomic mass is 32.2. The predicted molar refractivity (Wildman–Crippen MR) is 91.4 cm³/mol.